The molecule has 0 bridgehead atoms. The summed E-state index contributed by atoms with van der Waals surface area (Å²) in [5.74, 6) is 0.0863. The molecule has 3 nitrogen and oxygen atoms in total. The minimum Gasteiger partial charge on any atom is -0.345 e. The van der Waals surface area contributed by atoms with Crippen LogP contribution in [0.4, 0.5) is 0 Å². The number of nitrogens with one attached hydrogen (secondary N) is 1. The third-order valence-corrected chi connectivity index (χ3v) is 3.67. The van der Waals surface area contributed by atoms with Gasteiger partial charge in [0.15, 0.2) is 0 Å². The number of carbonyl (C=O) groups is 1. The number of amides is 1. The van der Waals surface area contributed by atoms with Crippen molar-refractivity contribution >= 4 is 21.8 Å². The van der Waals surface area contributed by atoms with E-state index in [0.717, 1.165) is 17.3 Å². The molecule has 92 valence electrons. The molecule has 0 spiro atoms. The van der Waals surface area contributed by atoms with Crippen LogP contribution in [-0.2, 0) is 10.3 Å². The van der Waals surface area contributed by atoms with Crippen molar-refractivity contribution in [3.63, 3.8) is 0 Å². The first-order chi connectivity index (χ1) is 8.03. The van der Waals surface area contributed by atoms with Crippen LogP contribution in [0.2, 0.25) is 0 Å². The molecule has 1 aromatic rings. The summed E-state index contributed by atoms with van der Waals surface area (Å²) >= 11 is 3.55. The van der Waals surface area contributed by atoms with Gasteiger partial charge in [0.2, 0.25) is 5.91 Å². The smallest absolute Gasteiger partial charge is 0.234 e. The van der Waals surface area contributed by atoms with Gasteiger partial charge >= 0.3 is 0 Å². The van der Waals surface area contributed by atoms with Crippen molar-refractivity contribution in [2.24, 2.45) is 0 Å². The van der Waals surface area contributed by atoms with Crippen LogP contribution in [0.15, 0.2) is 28.7 Å². The number of halogens is 1. The van der Waals surface area contributed by atoms with Crippen molar-refractivity contribution in [2.45, 2.75) is 18.4 Å². The molecule has 0 unspecified atom stereocenters. The first kappa shape index (κ1) is 12.6. The quantitative estimate of drug-likeness (QED) is 0.923. The van der Waals surface area contributed by atoms with Crippen molar-refractivity contribution in [1.82, 2.24) is 10.2 Å². The van der Waals surface area contributed by atoms with Crippen molar-refractivity contribution < 1.29 is 4.79 Å². The van der Waals surface area contributed by atoms with Gasteiger partial charge in [-0.05, 0) is 38.6 Å². The Morgan fingerprint density at radius 2 is 2.06 bits per heavy atom. The maximum atomic E-state index is 11.8. The molecule has 1 N–H and O–H groups in total. The van der Waals surface area contributed by atoms with E-state index in [1.54, 1.807) is 0 Å². The van der Waals surface area contributed by atoms with Gasteiger partial charge in [-0.1, -0.05) is 34.1 Å². The Hall–Kier alpha value is -0.870. The summed E-state index contributed by atoms with van der Waals surface area (Å²) in [5, 5.41) is 3.15. The van der Waals surface area contributed by atoms with E-state index in [4.69, 9.17) is 0 Å². The molecule has 1 amide bonds. The van der Waals surface area contributed by atoms with Gasteiger partial charge in [0.25, 0.3) is 0 Å². The van der Waals surface area contributed by atoms with Crippen LogP contribution in [0.25, 0.3) is 0 Å². The highest BCUT2D eigenvalue weighted by molar-refractivity contribution is 9.10. The van der Waals surface area contributed by atoms with Gasteiger partial charge in [-0.3, -0.25) is 4.79 Å². The average molecular weight is 297 g/mol. The largest absolute Gasteiger partial charge is 0.345 e. The summed E-state index contributed by atoms with van der Waals surface area (Å²) in [6.45, 7) is 0.437. The Morgan fingerprint density at radius 1 is 1.41 bits per heavy atom. The number of benzene rings is 1. The number of hydrogen-bond acceptors (Lipinski definition) is 2. The lowest BCUT2D eigenvalue weighted by Gasteiger charge is -2.20. The summed E-state index contributed by atoms with van der Waals surface area (Å²) < 4.78 is 1.07. The van der Waals surface area contributed by atoms with E-state index in [-0.39, 0.29) is 11.4 Å². The first-order valence-electron chi connectivity index (χ1n) is 5.74. The summed E-state index contributed by atoms with van der Waals surface area (Å²) in [6.07, 6.45) is 2.05. The van der Waals surface area contributed by atoms with Crippen LogP contribution in [0.5, 0.6) is 0 Å². The van der Waals surface area contributed by atoms with E-state index in [1.807, 2.05) is 37.2 Å². The van der Waals surface area contributed by atoms with Crippen LogP contribution in [0.3, 0.4) is 0 Å². The monoisotopic (exact) mass is 296 g/mol. The van der Waals surface area contributed by atoms with E-state index in [0.29, 0.717) is 6.54 Å². The Morgan fingerprint density at radius 3 is 2.59 bits per heavy atom. The summed E-state index contributed by atoms with van der Waals surface area (Å²) in [7, 11) is 3.80. The van der Waals surface area contributed by atoms with Gasteiger partial charge in [0.05, 0.1) is 12.1 Å². The Balaban J connectivity index is 2.10. The van der Waals surface area contributed by atoms with Crippen molar-refractivity contribution in [3.8, 4) is 0 Å². The van der Waals surface area contributed by atoms with E-state index in [1.165, 1.54) is 5.56 Å². The minimum absolute atomic E-state index is 0.0863. The lowest BCUT2D eigenvalue weighted by Crippen LogP contribution is -2.40. The second-order valence-corrected chi connectivity index (χ2v) is 5.70. The van der Waals surface area contributed by atoms with Crippen LogP contribution >= 0.6 is 15.9 Å². The van der Waals surface area contributed by atoms with E-state index < -0.39 is 0 Å². The fourth-order valence-electron chi connectivity index (χ4n) is 2.03. The number of rotatable bonds is 4. The molecule has 0 aromatic heterocycles. The molecule has 0 aliphatic heterocycles. The second kappa shape index (κ2) is 4.78. The zero-order valence-corrected chi connectivity index (χ0v) is 11.8. The van der Waals surface area contributed by atoms with Gasteiger partial charge in [0, 0.05) is 4.47 Å². The second-order valence-electron chi connectivity index (χ2n) is 4.85. The molecule has 0 saturated heterocycles. The first-order valence-corrected chi connectivity index (χ1v) is 6.53. The highest BCUT2D eigenvalue weighted by atomic mass is 79.9. The fourth-order valence-corrected chi connectivity index (χ4v) is 2.69. The van der Waals surface area contributed by atoms with Gasteiger partial charge in [-0.15, -0.1) is 0 Å². The highest BCUT2D eigenvalue weighted by Gasteiger charge is 2.46. The lowest BCUT2D eigenvalue weighted by atomic mass is 10.1. The van der Waals surface area contributed by atoms with Crippen LogP contribution in [0, 0.1) is 0 Å². The summed E-state index contributed by atoms with van der Waals surface area (Å²) in [6, 6.07) is 8.10. The Bertz CT molecular complexity index is 427. The van der Waals surface area contributed by atoms with Crippen LogP contribution < -0.4 is 5.32 Å². The fraction of sp³-hybridized carbons (Fsp3) is 0.462. The van der Waals surface area contributed by atoms with E-state index in [2.05, 4.69) is 27.3 Å². The Kier molecular flexibility index (Phi) is 3.54. The normalized spacial score (nSPS) is 16.9. The van der Waals surface area contributed by atoms with Gasteiger partial charge < -0.3 is 10.2 Å². The van der Waals surface area contributed by atoms with Crippen molar-refractivity contribution in [2.75, 3.05) is 20.6 Å². The number of nitrogens with zero attached hydrogens (tertiary/aromatic N) is 1. The SMILES string of the molecule is CN(C)CC(=O)NC1(c2ccccc2Br)CC1. The lowest BCUT2D eigenvalue weighted by molar-refractivity contribution is -0.122. The maximum absolute atomic E-state index is 11.8. The maximum Gasteiger partial charge on any atom is 0.234 e. The molecule has 1 saturated carbocycles. The minimum atomic E-state index is -0.132. The predicted octanol–water partition coefficient (Wildman–Crippen LogP) is 2.12. The molecule has 0 heterocycles. The van der Waals surface area contributed by atoms with Crippen LogP contribution in [0.1, 0.15) is 18.4 Å². The molecule has 2 rings (SSSR count). The zero-order valence-electron chi connectivity index (χ0n) is 10.2. The van der Waals surface area contributed by atoms with Gasteiger partial charge in [-0.25, -0.2) is 0 Å². The molecule has 0 atom stereocenters. The average Bonchev–Trinajstić information content (AvgIpc) is 2.97. The van der Waals surface area contributed by atoms with Gasteiger partial charge in [0.1, 0.15) is 0 Å². The molecule has 1 aromatic carbocycles. The van der Waals surface area contributed by atoms with Crippen LogP contribution in [-0.4, -0.2) is 31.4 Å². The number of hydrogen-bond donors (Lipinski definition) is 1. The molecule has 17 heavy (non-hydrogen) atoms. The van der Waals surface area contributed by atoms with Gasteiger partial charge in [-0.2, -0.15) is 0 Å². The molecule has 0 radical (unpaired) electrons. The molecular formula is C13H17BrN2O. The molecule has 4 heteroatoms. The Labute approximate surface area is 110 Å². The molecule has 1 aliphatic rings. The standard InChI is InChI=1S/C13H17BrN2O/c1-16(2)9-12(17)15-13(7-8-13)10-5-3-4-6-11(10)14/h3-6H,7-9H2,1-2H3,(H,15,17). The predicted molar refractivity (Wildman–Crippen MR) is 71.8 cm³/mol. The highest BCUT2D eigenvalue weighted by Crippen LogP contribution is 2.47. The third kappa shape index (κ3) is 2.87. The van der Waals surface area contributed by atoms with Crippen molar-refractivity contribution in [3.05, 3.63) is 34.3 Å². The summed E-state index contributed by atoms with van der Waals surface area (Å²) in [4.78, 5) is 13.7. The number of likely N-dealkylation sites (N-methyl/N-ethyl adjacent to an activating group) is 1. The van der Waals surface area contributed by atoms with Crippen molar-refractivity contribution in [1.29, 1.82) is 0 Å². The van der Waals surface area contributed by atoms with E-state index >= 15 is 0 Å². The molecule has 1 fully saturated rings. The summed E-state index contributed by atoms with van der Waals surface area (Å²) in [5.41, 5.74) is 1.06. The molecular weight excluding hydrogens is 280 g/mol. The van der Waals surface area contributed by atoms with E-state index in [9.17, 15) is 4.79 Å². The zero-order chi connectivity index (χ0) is 12.5. The third-order valence-electron chi connectivity index (χ3n) is 2.98. The number of carbonyl (C=O) groups excluding carboxylic acids is 1. The topological polar surface area (TPSA) is 32.3 Å². The molecule has 1 aliphatic carbocycles.